The number of benzene rings is 2. The van der Waals surface area contributed by atoms with Gasteiger partial charge in [0.2, 0.25) is 0 Å². The SMILES string of the molecule is C=C(C)C(=O)OCCCc1ccc2c(c1)OCOCC(c1ccc(OC(=O)C(=C)C)cc1)=C2. The molecule has 0 saturated heterocycles. The fraction of sp³-hybridized carbons (Fsp3) is 0.259. The Morgan fingerprint density at radius 1 is 1.00 bits per heavy atom. The summed E-state index contributed by atoms with van der Waals surface area (Å²) in [6.45, 7) is 11.3. The van der Waals surface area contributed by atoms with E-state index in [1.165, 1.54) is 0 Å². The van der Waals surface area contributed by atoms with E-state index in [0.717, 1.165) is 34.4 Å². The molecule has 1 aliphatic heterocycles. The summed E-state index contributed by atoms with van der Waals surface area (Å²) >= 11 is 0. The van der Waals surface area contributed by atoms with Crippen LogP contribution in [0.4, 0.5) is 0 Å². The number of rotatable bonds is 8. The minimum absolute atomic E-state index is 0.137. The third-order valence-corrected chi connectivity index (χ3v) is 4.94. The molecule has 2 aromatic carbocycles. The molecular weight excluding hydrogens is 420 g/mol. The van der Waals surface area contributed by atoms with Crippen LogP contribution in [0.3, 0.4) is 0 Å². The first kappa shape index (κ1) is 24.0. The number of aryl methyl sites for hydroxylation is 1. The first-order valence-corrected chi connectivity index (χ1v) is 10.7. The second-order valence-corrected chi connectivity index (χ2v) is 7.87. The number of carbonyl (C=O) groups is 2. The van der Waals surface area contributed by atoms with Crippen LogP contribution in [0.1, 0.15) is 37.0 Å². The topological polar surface area (TPSA) is 71.1 Å². The van der Waals surface area contributed by atoms with Crippen molar-refractivity contribution in [2.24, 2.45) is 0 Å². The summed E-state index contributed by atoms with van der Waals surface area (Å²) in [5, 5.41) is 0. The molecule has 0 atom stereocenters. The lowest BCUT2D eigenvalue weighted by atomic mass is 10.0. The first-order valence-electron chi connectivity index (χ1n) is 10.7. The minimum atomic E-state index is -0.452. The predicted molar refractivity (Wildman–Crippen MR) is 127 cm³/mol. The third kappa shape index (κ3) is 6.92. The van der Waals surface area contributed by atoms with Gasteiger partial charge in [0.25, 0.3) is 0 Å². The van der Waals surface area contributed by atoms with Crippen LogP contribution in [0, 0.1) is 0 Å². The molecule has 0 N–H and O–H groups in total. The molecule has 3 rings (SSSR count). The van der Waals surface area contributed by atoms with Crippen molar-refractivity contribution in [1.29, 1.82) is 0 Å². The second kappa shape index (κ2) is 11.3. The molecule has 0 amide bonds. The monoisotopic (exact) mass is 448 g/mol. The molecule has 0 radical (unpaired) electrons. The highest BCUT2D eigenvalue weighted by Crippen LogP contribution is 2.29. The van der Waals surface area contributed by atoms with Crippen molar-refractivity contribution in [2.45, 2.75) is 26.7 Å². The number of hydrogen-bond donors (Lipinski definition) is 0. The standard InChI is InChI=1S/C27H28O6/c1-18(2)26(28)31-13-5-6-20-7-8-22-15-23(16-30-17-32-25(22)14-20)21-9-11-24(12-10-21)33-27(29)19(3)4/h7-12,14-15H,1,3,5-6,13,16-17H2,2,4H3. The van der Waals surface area contributed by atoms with Crippen LogP contribution in [0.25, 0.3) is 11.6 Å². The molecule has 0 unspecified atom stereocenters. The maximum Gasteiger partial charge on any atom is 0.338 e. The highest BCUT2D eigenvalue weighted by atomic mass is 16.7. The van der Waals surface area contributed by atoms with E-state index < -0.39 is 5.97 Å². The van der Waals surface area contributed by atoms with Gasteiger partial charge < -0.3 is 18.9 Å². The van der Waals surface area contributed by atoms with Crippen LogP contribution in [0.2, 0.25) is 0 Å². The Bertz CT molecular complexity index is 1080. The molecule has 2 aromatic rings. The van der Waals surface area contributed by atoms with Gasteiger partial charge in [-0.05, 0) is 67.7 Å². The van der Waals surface area contributed by atoms with Crippen LogP contribution in [0.15, 0.2) is 66.8 Å². The summed E-state index contributed by atoms with van der Waals surface area (Å²) in [4.78, 5) is 23.2. The Kier molecular flexibility index (Phi) is 8.22. The van der Waals surface area contributed by atoms with Gasteiger partial charge >= 0.3 is 11.9 Å². The van der Waals surface area contributed by atoms with Crippen molar-refractivity contribution < 1.29 is 28.5 Å². The molecule has 1 aliphatic rings. The highest BCUT2D eigenvalue weighted by Gasteiger charge is 2.12. The maximum atomic E-state index is 11.7. The highest BCUT2D eigenvalue weighted by molar-refractivity contribution is 5.89. The van der Waals surface area contributed by atoms with Crippen LogP contribution in [-0.2, 0) is 25.5 Å². The molecule has 33 heavy (non-hydrogen) atoms. The number of hydrogen-bond acceptors (Lipinski definition) is 6. The molecule has 1 heterocycles. The Hall–Kier alpha value is -3.64. The second-order valence-electron chi connectivity index (χ2n) is 7.87. The van der Waals surface area contributed by atoms with Crippen LogP contribution >= 0.6 is 0 Å². The zero-order valence-corrected chi connectivity index (χ0v) is 19.0. The average molecular weight is 449 g/mol. The Balaban J connectivity index is 1.70. The van der Waals surface area contributed by atoms with E-state index >= 15 is 0 Å². The van der Waals surface area contributed by atoms with Gasteiger partial charge in [0.15, 0.2) is 6.79 Å². The number of carbonyl (C=O) groups excluding carboxylic acids is 2. The number of ether oxygens (including phenoxy) is 4. The lowest BCUT2D eigenvalue weighted by molar-refractivity contribution is -0.139. The predicted octanol–water partition coefficient (Wildman–Crippen LogP) is 5.13. The summed E-state index contributed by atoms with van der Waals surface area (Å²) in [6.07, 6.45) is 3.49. The smallest absolute Gasteiger partial charge is 0.338 e. The van der Waals surface area contributed by atoms with Gasteiger partial charge in [-0.2, -0.15) is 0 Å². The van der Waals surface area contributed by atoms with Gasteiger partial charge in [-0.15, -0.1) is 0 Å². The normalized spacial score (nSPS) is 12.8. The van der Waals surface area contributed by atoms with Crippen LogP contribution in [-0.4, -0.2) is 31.9 Å². The molecule has 0 bridgehead atoms. The Morgan fingerprint density at radius 2 is 1.73 bits per heavy atom. The fourth-order valence-corrected chi connectivity index (χ4v) is 3.13. The number of fused-ring (bicyclic) bond motifs is 1. The van der Waals surface area contributed by atoms with E-state index in [9.17, 15) is 9.59 Å². The zero-order chi connectivity index (χ0) is 23.8. The number of esters is 2. The molecule has 6 heteroatoms. The van der Waals surface area contributed by atoms with E-state index in [2.05, 4.69) is 13.2 Å². The van der Waals surface area contributed by atoms with E-state index in [0.29, 0.717) is 36.5 Å². The quantitative estimate of drug-likeness (QED) is 0.241. The summed E-state index contributed by atoms with van der Waals surface area (Å²) in [7, 11) is 0. The van der Waals surface area contributed by atoms with Gasteiger partial charge in [-0.1, -0.05) is 37.4 Å². The molecule has 6 nitrogen and oxygen atoms in total. The Morgan fingerprint density at radius 3 is 2.42 bits per heavy atom. The van der Waals surface area contributed by atoms with Crippen molar-refractivity contribution in [3.8, 4) is 11.5 Å². The molecular formula is C27H28O6. The van der Waals surface area contributed by atoms with Gasteiger partial charge in [0, 0.05) is 16.7 Å². The zero-order valence-electron chi connectivity index (χ0n) is 19.0. The van der Waals surface area contributed by atoms with Crippen molar-refractivity contribution in [3.63, 3.8) is 0 Å². The first-order chi connectivity index (χ1) is 15.8. The molecule has 0 spiro atoms. The third-order valence-electron chi connectivity index (χ3n) is 4.94. The van der Waals surface area contributed by atoms with E-state index in [-0.39, 0.29) is 12.8 Å². The lowest BCUT2D eigenvalue weighted by Crippen LogP contribution is -2.10. The van der Waals surface area contributed by atoms with E-state index in [1.807, 2.05) is 36.4 Å². The van der Waals surface area contributed by atoms with Crippen LogP contribution < -0.4 is 9.47 Å². The summed E-state index contributed by atoms with van der Waals surface area (Å²) < 4.78 is 21.8. The van der Waals surface area contributed by atoms with Gasteiger partial charge in [-0.3, -0.25) is 0 Å². The average Bonchev–Trinajstić information content (AvgIpc) is 2.78. The molecule has 0 fully saturated rings. The van der Waals surface area contributed by atoms with Crippen molar-refractivity contribution in [3.05, 3.63) is 83.5 Å². The largest absolute Gasteiger partial charge is 0.467 e. The summed E-state index contributed by atoms with van der Waals surface area (Å²) in [5.41, 5.74) is 4.72. The van der Waals surface area contributed by atoms with Gasteiger partial charge in [0.05, 0.1) is 13.2 Å². The Labute approximate surface area is 194 Å². The van der Waals surface area contributed by atoms with Crippen molar-refractivity contribution in [2.75, 3.05) is 20.0 Å². The van der Waals surface area contributed by atoms with Gasteiger partial charge in [0.1, 0.15) is 11.5 Å². The van der Waals surface area contributed by atoms with Crippen molar-refractivity contribution in [1.82, 2.24) is 0 Å². The maximum absolute atomic E-state index is 11.7. The molecule has 0 aromatic heterocycles. The lowest BCUT2D eigenvalue weighted by Gasteiger charge is -2.17. The minimum Gasteiger partial charge on any atom is -0.467 e. The van der Waals surface area contributed by atoms with E-state index in [4.69, 9.17) is 18.9 Å². The fourth-order valence-electron chi connectivity index (χ4n) is 3.13. The van der Waals surface area contributed by atoms with Crippen LogP contribution in [0.5, 0.6) is 11.5 Å². The summed E-state index contributed by atoms with van der Waals surface area (Å²) in [6, 6.07) is 13.3. The van der Waals surface area contributed by atoms with E-state index in [1.54, 1.807) is 26.0 Å². The van der Waals surface area contributed by atoms with Gasteiger partial charge in [-0.25, -0.2) is 9.59 Å². The summed E-state index contributed by atoms with van der Waals surface area (Å²) in [5.74, 6) is 0.373. The molecule has 172 valence electrons. The molecule has 0 aliphatic carbocycles. The van der Waals surface area contributed by atoms with Crippen molar-refractivity contribution >= 4 is 23.6 Å². The molecule has 0 saturated carbocycles.